The Balaban J connectivity index is 1.48. The largest absolute Gasteiger partial charge is 0.305 e. The van der Waals surface area contributed by atoms with Crippen molar-refractivity contribution in [3.63, 3.8) is 0 Å². The predicted octanol–water partition coefficient (Wildman–Crippen LogP) is 3.05. The van der Waals surface area contributed by atoms with Gasteiger partial charge in [0, 0.05) is 35.3 Å². The molecule has 2 fully saturated rings. The fourth-order valence-electron chi connectivity index (χ4n) is 4.00. The second kappa shape index (κ2) is 5.12. The van der Waals surface area contributed by atoms with Crippen LogP contribution >= 0.6 is 11.8 Å². The molecule has 3 heteroatoms. The molecule has 3 heterocycles. The number of nitrogens with one attached hydrogen (secondary N) is 1. The van der Waals surface area contributed by atoms with E-state index in [-0.39, 0.29) is 0 Å². The molecule has 102 valence electrons. The van der Waals surface area contributed by atoms with Crippen LogP contribution in [0.3, 0.4) is 0 Å². The Labute approximate surface area is 119 Å². The van der Waals surface area contributed by atoms with Gasteiger partial charge in [-0.3, -0.25) is 4.90 Å². The fraction of sp³-hybridized carbons (Fsp3) is 0.625. The first-order valence-corrected chi connectivity index (χ1v) is 8.62. The van der Waals surface area contributed by atoms with Crippen LogP contribution in [0, 0.1) is 0 Å². The van der Waals surface area contributed by atoms with Crippen molar-refractivity contribution in [2.24, 2.45) is 0 Å². The van der Waals surface area contributed by atoms with Crippen molar-refractivity contribution in [2.75, 3.05) is 18.8 Å². The molecule has 3 aliphatic rings. The van der Waals surface area contributed by atoms with Gasteiger partial charge in [-0.15, -0.1) is 11.8 Å². The number of thioether (sulfide) groups is 1. The predicted molar refractivity (Wildman–Crippen MR) is 80.7 cm³/mol. The molecule has 1 N–H and O–H groups in total. The first kappa shape index (κ1) is 12.2. The molecule has 3 atom stereocenters. The molecule has 2 nitrogen and oxygen atoms in total. The zero-order chi connectivity index (χ0) is 12.7. The molecule has 0 aliphatic carbocycles. The first-order valence-electron chi connectivity index (χ1n) is 7.63. The van der Waals surface area contributed by atoms with Gasteiger partial charge < -0.3 is 5.32 Å². The van der Waals surface area contributed by atoms with E-state index in [0.717, 1.165) is 12.1 Å². The van der Waals surface area contributed by atoms with Crippen LogP contribution < -0.4 is 5.32 Å². The summed E-state index contributed by atoms with van der Waals surface area (Å²) < 4.78 is 0. The van der Waals surface area contributed by atoms with Crippen LogP contribution in [0.1, 0.15) is 37.3 Å². The van der Waals surface area contributed by atoms with E-state index in [9.17, 15) is 0 Å². The second-order valence-corrected chi connectivity index (χ2v) is 7.12. The lowest BCUT2D eigenvalue weighted by Gasteiger charge is -2.33. The number of benzene rings is 1. The highest BCUT2D eigenvalue weighted by atomic mass is 32.2. The molecule has 0 bridgehead atoms. The van der Waals surface area contributed by atoms with Crippen molar-refractivity contribution in [1.29, 1.82) is 0 Å². The lowest BCUT2D eigenvalue weighted by atomic mass is 9.97. The van der Waals surface area contributed by atoms with Gasteiger partial charge in [-0.1, -0.05) is 24.6 Å². The highest BCUT2D eigenvalue weighted by Crippen LogP contribution is 2.39. The number of piperidine rings is 1. The summed E-state index contributed by atoms with van der Waals surface area (Å²) in [6, 6.07) is 11.0. The van der Waals surface area contributed by atoms with Crippen LogP contribution in [-0.4, -0.2) is 35.8 Å². The van der Waals surface area contributed by atoms with Crippen molar-refractivity contribution in [1.82, 2.24) is 10.2 Å². The highest BCUT2D eigenvalue weighted by molar-refractivity contribution is 7.99. The maximum absolute atomic E-state index is 3.97. The van der Waals surface area contributed by atoms with Gasteiger partial charge in [-0.05, 0) is 37.4 Å². The molecule has 1 aromatic carbocycles. The number of rotatable bonds is 2. The monoisotopic (exact) mass is 274 g/mol. The zero-order valence-corrected chi connectivity index (χ0v) is 12.2. The lowest BCUT2D eigenvalue weighted by Crippen LogP contribution is -2.46. The normalized spacial score (nSPS) is 34.2. The van der Waals surface area contributed by atoms with Gasteiger partial charge in [-0.2, -0.15) is 0 Å². The fourth-order valence-corrected chi connectivity index (χ4v) is 5.17. The van der Waals surface area contributed by atoms with E-state index in [4.69, 9.17) is 0 Å². The van der Waals surface area contributed by atoms with Gasteiger partial charge in [0.15, 0.2) is 0 Å². The number of hydrogen-bond donors (Lipinski definition) is 1. The third-order valence-electron chi connectivity index (χ3n) is 4.97. The van der Waals surface area contributed by atoms with Gasteiger partial charge >= 0.3 is 0 Å². The molecule has 2 saturated heterocycles. The minimum absolute atomic E-state index is 0.577. The van der Waals surface area contributed by atoms with Crippen LogP contribution in [0.2, 0.25) is 0 Å². The zero-order valence-electron chi connectivity index (χ0n) is 11.3. The molecule has 0 amide bonds. The molecule has 0 radical (unpaired) electrons. The average molecular weight is 274 g/mol. The van der Waals surface area contributed by atoms with E-state index >= 15 is 0 Å². The minimum Gasteiger partial charge on any atom is -0.305 e. The standard InChI is InChI=1S/C16H22N2S/c1-2-7-16-12(5-1)14(11-19-16)17-13-8-10-18-9-4-3-6-15(13)18/h1-2,5,7,13-15,17H,3-4,6,8-11H2. The lowest BCUT2D eigenvalue weighted by molar-refractivity contribution is 0.177. The molecule has 3 unspecified atom stereocenters. The van der Waals surface area contributed by atoms with Gasteiger partial charge in [0.1, 0.15) is 0 Å². The van der Waals surface area contributed by atoms with Gasteiger partial charge in [0.25, 0.3) is 0 Å². The molecule has 0 spiro atoms. The van der Waals surface area contributed by atoms with Gasteiger partial charge in [0.2, 0.25) is 0 Å². The minimum atomic E-state index is 0.577. The molecule has 0 aromatic heterocycles. The summed E-state index contributed by atoms with van der Waals surface area (Å²) in [7, 11) is 0. The molecular weight excluding hydrogens is 252 g/mol. The third-order valence-corrected chi connectivity index (χ3v) is 6.15. The summed E-state index contributed by atoms with van der Waals surface area (Å²) in [4.78, 5) is 4.20. The summed E-state index contributed by atoms with van der Waals surface area (Å²) >= 11 is 2.01. The highest BCUT2D eigenvalue weighted by Gasteiger charge is 2.37. The van der Waals surface area contributed by atoms with E-state index in [1.807, 2.05) is 11.8 Å². The van der Waals surface area contributed by atoms with Gasteiger partial charge in [-0.25, -0.2) is 0 Å². The summed E-state index contributed by atoms with van der Waals surface area (Å²) in [5.74, 6) is 1.21. The molecular formula is C16H22N2S. The van der Waals surface area contributed by atoms with Crippen molar-refractivity contribution >= 4 is 11.8 Å². The topological polar surface area (TPSA) is 15.3 Å². The average Bonchev–Trinajstić information content (AvgIpc) is 3.05. The summed E-state index contributed by atoms with van der Waals surface area (Å²) in [5, 5.41) is 3.97. The van der Waals surface area contributed by atoms with Crippen molar-refractivity contribution in [2.45, 2.75) is 48.7 Å². The van der Waals surface area contributed by atoms with Gasteiger partial charge in [0.05, 0.1) is 0 Å². The Bertz CT molecular complexity index is 462. The van der Waals surface area contributed by atoms with Crippen LogP contribution in [-0.2, 0) is 0 Å². The van der Waals surface area contributed by atoms with Crippen LogP contribution in [0.5, 0.6) is 0 Å². The quantitative estimate of drug-likeness (QED) is 0.892. The molecule has 0 saturated carbocycles. The van der Waals surface area contributed by atoms with Crippen molar-refractivity contribution in [3.05, 3.63) is 29.8 Å². The van der Waals surface area contributed by atoms with Crippen molar-refractivity contribution in [3.8, 4) is 0 Å². The molecule has 1 aromatic rings. The van der Waals surface area contributed by atoms with E-state index in [1.165, 1.54) is 55.0 Å². The van der Waals surface area contributed by atoms with Crippen LogP contribution in [0.25, 0.3) is 0 Å². The Morgan fingerprint density at radius 2 is 2.05 bits per heavy atom. The number of fused-ring (bicyclic) bond motifs is 2. The third kappa shape index (κ3) is 2.22. The first-order chi connectivity index (χ1) is 9.42. The van der Waals surface area contributed by atoms with E-state index in [1.54, 1.807) is 0 Å². The van der Waals surface area contributed by atoms with Crippen LogP contribution in [0.4, 0.5) is 0 Å². The Morgan fingerprint density at radius 1 is 1.11 bits per heavy atom. The smallest absolute Gasteiger partial charge is 0.0429 e. The Kier molecular flexibility index (Phi) is 3.30. The molecule has 3 aliphatic heterocycles. The molecule has 19 heavy (non-hydrogen) atoms. The summed E-state index contributed by atoms with van der Waals surface area (Å²) in [6.07, 6.45) is 5.58. The summed E-state index contributed by atoms with van der Waals surface area (Å²) in [5.41, 5.74) is 1.53. The van der Waals surface area contributed by atoms with E-state index in [2.05, 4.69) is 34.5 Å². The van der Waals surface area contributed by atoms with E-state index < -0.39 is 0 Å². The van der Waals surface area contributed by atoms with Crippen molar-refractivity contribution < 1.29 is 0 Å². The summed E-state index contributed by atoms with van der Waals surface area (Å²) in [6.45, 7) is 2.64. The molecule has 4 rings (SSSR count). The number of nitrogens with zero attached hydrogens (tertiary/aromatic N) is 1. The second-order valence-electron chi connectivity index (χ2n) is 6.06. The Morgan fingerprint density at radius 3 is 3.05 bits per heavy atom. The SMILES string of the molecule is c1ccc2c(c1)SCC2NC1CCN2CCCCC12. The Hall–Kier alpha value is -0.510. The maximum atomic E-state index is 3.97. The van der Waals surface area contributed by atoms with Crippen LogP contribution in [0.15, 0.2) is 29.2 Å². The van der Waals surface area contributed by atoms with E-state index in [0.29, 0.717) is 6.04 Å². The number of hydrogen-bond acceptors (Lipinski definition) is 3. The maximum Gasteiger partial charge on any atom is 0.0429 e.